The van der Waals surface area contributed by atoms with Gasteiger partial charge in [0.05, 0.1) is 14.2 Å². The molecule has 194 valence electrons. The first kappa shape index (κ1) is 31.6. The average molecular weight is 468 g/mol. The first-order chi connectivity index (χ1) is 15.9. The molecule has 5 nitrogen and oxygen atoms in total. The Bertz CT molecular complexity index is 500. The second-order valence-corrected chi connectivity index (χ2v) is 9.66. The maximum Gasteiger partial charge on any atom is 0.323 e. The van der Waals surface area contributed by atoms with Crippen LogP contribution in [0.1, 0.15) is 116 Å². The van der Waals surface area contributed by atoms with Crippen molar-refractivity contribution in [3.05, 3.63) is 12.2 Å². The lowest BCUT2D eigenvalue weighted by Gasteiger charge is -2.28. The molecule has 0 fully saturated rings. The third-order valence-corrected chi connectivity index (χ3v) is 6.48. The number of carbonyl (C=O) groups is 2. The van der Waals surface area contributed by atoms with Crippen molar-refractivity contribution in [3.63, 3.8) is 0 Å². The molecular weight excluding hydrogens is 414 g/mol. The molecule has 0 unspecified atom stereocenters. The summed E-state index contributed by atoms with van der Waals surface area (Å²) < 4.78 is 10.0. The fourth-order valence-electron chi connectivity index (χ4n) is 4.38. The monoisotopic (exact) mass is 467 g/mol. The third-order valence-electron chi connectivity index (χ3n) is 6.48. The first-order valence-corrected chi connectivity index (χ1v) is 13.4. The lowest BCUT2D eigenvalue weighted by molar-refractivity contribution is -0.170. The molecule has 0 amide bonds. The Morgan fingerprint density at radius 2 is 1.09 bits per heavy atom. The molecule has 0 aliphatic heterocycles. The fourth-order valence-corrected chi connectivity index (χ4v) is 4.38. The lowest BCUT2D eigenvalue weighted by atomic mass is 9.78. The van der Waals surface area contributed by atoms with Crippen molar-refractivity contribution in [3.8, 4) is 0 Å². The Hall–Kier alpha value is -1.36. The van der Waals surface area contributed by atoms with Gasteiger partial charge in [0.1, 0.15) is 0 Å². The maximum atomic E-state index is 12.6. The molecule has 0 atom stereocenters. The summed E-state index contributed by atoms with van der Waals surface area (Å²) in [5.41, 5.74) is -1.17. The number of nitrogens with zero attached hydrogens (tertiary/aromatic N) is 1. The molecule has 0 aliphatic carbocycles. The van der Waals surface area contributed by atoms with E-state index in [0.717, 1.165) is 32.2 Å². The van der Waals surface area contributed by atoms with Gasteiger partial charge in [0.15, 0.2) is 5.41 Å². The zero-order valence-corrected chi connectivity index (χ0v) is 22.5. The summed E-state index contributed by atoms with van der Waals surface area (Å²) in [5, 5.41) is 0. The minimum Gasteiger partial charge on any atom is -0.468 e. The molecule has 0 aromatic rings. The Kier molecular flexibility index (Phi) is 20.3. The van der Waals surface area contributed by atoms with Gasteiger partial charge in [-0.3, -0.25) is 9.59 Å². The van der Waals surface area contributed by atoms with Gasteiger partial charge in [-0.2, -0.15) is 0 Å². The van der Waals surface area contributed by atoms with Crippen LogP contribution in [0.5, 0.6) is 0 Å². The van der Waals surface area contributed by atoms with E-state index in [9.17, 15) is 9.59 Å². The molecule has 5 heteroatoms. The summed E-state index contributed by atoms with van der Waals surface area (Å²) in [5.74, 6) is -0.915. The van der Waals surface area contributed by atoms with E-state index in [0.29, 0.717) is 12.8 Å². The highest BCUT2D eigenvalue weighted by molar-refractivity contribution is 5.99. The van der Waals surface area contributed by atoms with Crippen LogP contribution in [-0.2, 0) is 19.1 Å². The van der Waals surface area contributed by atoms with Crippen LogP contribution in [0.15, 0.2) is 12.2 Å². The van der Waals surface area contributed by atoms with Gasteiger partial charge in [-0.1, -0.05) is 83.3 Å². The van der Waals surface area contributed by atoms with E-state index in [2.05, 4.69) is 24.0 Å². The number of hydrogen-bond acceptors (Lipinski definition) is 5. The Labute approximate surface area is 204 Å². The van der Waals surface area contributed by atoms with Gasteiger partial charge in [-0.15, -0.1) is 0 Å². The van der Waals surface area contributed by atoms with E-state index in [4.69, 9.17) is 9.47 Å². The zero-order valence-electron chi connectivity index (χ0n) is 22.5. The number of rotatable bonds is 22. The van der Waals surface area contributed by atoms with E-state index in [-0.39, 0.29) is 0 Å². The smallest absolute Gasteiger partial charge is 0.323 e. The Morgan fingerprint density at radius 1 is 0.667 bits per heavy atom. The van der Waals surface area contributed by atoms with Gasteiger partial charge in [0.2, 0.25) is 0 Å². The number of hydrogen-bond donors (Lipinski definition) is 0. The van der Waals surface area contributed by atoms with Crippen molar-refractivity contribution in [1.29, 1.82) is 0 Å². The molecule has 0 aromatic carbocycles. The molecule has 0 heterocycles. The predicted molar refractivity (Wildman–Crippen MR) is 138 cm³/mol. The normalized spacial score (nSPS) is 11.9. The van der Waals surface area contributed by atoms with Crippen molar-refractivity contribution >= 4 is 11.9 Å². The molecule has 0 aromatic heterocycles. The van der Waals surface area contributed by atoms with E-state index >= 15 is 0 Å². The highest BCUT2D eigenvalue weighted by Crippen LogP contribution is 2.34. The molecule has 0 radical (unpaired) electrons. The van der Waals surface area contributed by atoms with Crippen LogP contribution in [0.25, 0.3) is 0 Å². The van der Waals surface area contributed by atoms with E-state index in [1.807, 2.05) is 14.1 Å². The van der Waals surface area contributed by atoms with Crippen molar-refractivity contribution in [2.24, 2.45) is 5.41 Å². The van der Waals surface area contributed by atoms with E-state index in [1.165, 1.54) is 84.8 Å². The molecular formula is C28H53NO4. The Morgan fingerprint density at radius 3 is 1.55 bits per heavy atom. The van der Waals surface area contributed by atoms with Crippen LogP contribution < -0.4 is 0 Å². The lowest BCUT2D eigenvalue weighted by Crippen LogP contribution is -2.41. The fraction of sp³-hybridized carbons (Fsp3) is 0.857. The van der Waals surface area contributed by atoms with Crippen molar-refractivity contribution in [2.75, 3.05) is 34.9 Å². The number of unbranched alkanes of at least 4 members (excludes halogenated alkanes) is 12. The summed E-state index contributed by atoms with van der Waals surface area (Å²) in [6.07, 6.45) is 23.7. The minimum atomic E-state index is -1.17. The van der Waals surface area contributed by atoms with Crippen LogP contribution in [0.3, 0.4) is 0 Å². The second kappa shape index (κ2) is 21.2. The summed E-state index contributed by atoms with van der Waals surface area (Å²) in [6.45, 7) is 3.08. The summed E-state index contributed by atoms with van der Waals surface area (Å²) in [7, 11) is 6.69. The highest BCUT2D eigenvalue weighted by Gasteiger charge is 2.47. The van der Waals surface area contributed by atoms with Crippen LogP contribution in [-0.4, -0.2) is 51.7 Å². The molecule has 0 saturated carbocycles. The van der Waals surface area contributed by atoms with Gasteiger partial charge >= 0.3 is 11.9 Å². The quantitative estimate of drug-likeness (QED) is 0.0736. The molecule has 0 rings (SSSR count). The number of methoxy groups -OCH3 is 2. The summed E-state index contributed by atoms with van der Waals surface area (Å²) in [4.78, 5) is 27.2. The van der Waals surface area contributed by atoms with Gasteiger partial charge in [0, 0.05) is 0 Å². The van der Waals surface area contributed by atoms with Crippen LogP contribution in [0.4, 0.5) is 0 Å². The molecule has 0 N–H and O–H groups in total. The van der Waals surface area contributed by atoms with Crippen LogP contribution in [0, 0.1) is 5.41 Å². The van der Waals surface area contributed by atoms with Gasteiger partial charge in [-0.05, 0) is 65.6 Å². The largest absolute Gasteiger partial charge is 0.468 e. The molecule has 0 aliphatic rings. The summed E-state index contributed by atoms with van der Waals surface area (Å²) >= 11 is 0. The maximum absolute atomic E-state index is 12.6. The number of ether oxygens (including phenoxy) is 2. The van der Waals surface area contributed by atoms with Gasteiger partial charge in [-0.25, -0.2) is 0 Å². The number of allylic oxidation sites excluding steroid dienone is 2. The zero-order chi connectivity index (χ0) is 24.8. The van der Waals surface area contributed by atoms with E-state index in [1.54, 1.807) is 0 Å². The van der Waals surface area contributed by atoms with E-state index < -0.39 is 17.4 Å². The van der Waals surface area contributed by atoms with Gasteiger partial charge < -0.3 is 14.4 Å². The van der Waals surface area contributed by atoms with Crippen LogP contribution >= 0.6 is 0 Å². The minimum absolute atomic E-state index is 0.458. The van der Waals surface area contributed by atoms with Crippen molar-refractivity contribution in [1.82, 2.24) is 4.90 Å². The highest BCUT2D eigenvalue weighted by atomic mass is 16.5. The van der Waals surface area contributed by atoms with Crippen molar-refractivity contribution in [2.45, 2.75) is 116 Å². The molecule has 33 heavy (non-hydrogen) atoms. The van der Waals surface area contributed by atoms with Gasteiger partial charge in [0.25, 0.3) is 0 Å². The molecule has 0 bridgehead atoms. The average Bonchev–Trinajstić information content (AvgIpc) is 2.81. The third kappa shape index (κ3) is 15.2. The number of esters is 2. The first-order valence-electron chi connectivity index (χ1n) is 13.4. The standard InChI is InChI=1S/C28H53NO4/c1-6-7-8-9-10-11-12-13-14-15-16-17-18-19-20-21-23-28(26(30)32-4,27(31)33-5)24-22-25-29(2)3/h13-14H,6-12,15-25H2,1-5H3. The summed E-state index contributed by atoms with van der Waals surface area (Å²) in [6, 6.07) is 0. The SMILES string of the molecule is CCCCCCCCC=CCCCCCCCCC(CCCN(C)C)(C(=O)OC)C(=O)OC. The Balaban J connectivity index is 4.08. The van der Waals surface area contributed by atoms with Crippen LogP contribution in [0.2, 0.25) is 0 Å². The second-order valence-electron chi connectivity index (χ2n) is 9.66. The molecule has 0 spiro atoms. The predicted octanol–water partition coefficient (Wildman–Crippen LogP) is 7.09. The topological polar surface area (TPSA) is 55.8 Å². The molecule has 0 saturated heterocycles. The van der Waals surface area contributed by atoms with Crippen molar-refractivity contribution < 1.29 is 19.1 Å². The number of carbonyl (C=O) groups excluding carboxylic acids is 2.